The van der Waals surface area contributed by atoms with E-state index < -0.39 is 5.60 Å². The molecule has 2 atom stereocenters. The molecule has 1 saturated carbocycles. The summed E-state index contributed by atoms with van der Waals surface area (Å²) in [5.74, 6) is 2.19. The molecule has 1 amide bonds. The van der Waals surface area contributed by atoms with Gasteiger partial charge in [-0.25, -0.2) is 4.79 Å². The van der Waals surface area contributed by atoms with E-state index in [1.807, 2.05) is 25.7 Å². The summed E-state index contributed by atoms with van der Waals surface area (Å²) in [4.78, 5) is 13.8. The SMILES string of the molecule is C/C(=C\c1ccccc1)C1CC1CC1CN(C(=O)OC(C)(C)C)C1. The standard InChI is InChI=1S/C21H29NO2/c1-15(10-16-8-6-5-7-9-16)19-12-18(19)11-17-13-22(14-17)20(23)24-21(2,3)4/h5-10,17-19H,11-14H2,1-4H3/b15-10+. The van der Waals surface area contributed by atoms with Crippen molar-refractivity contribution in [1.82, 2.24) is 4.90 Å². The molecule has 0 spiro atoms. The van der Waals surface area contributed by atoms with Crippen LogP contribution in [0, 0.1) is 17.8 Å². The van der Waals surface area contributed by atoms with Gasteiger partial charge in [-0.2, -0.15) is 0 Å². The Morgan fingerprint density at radius 3 is 2.54 bits per heavy atom. The summed E-state index contributed by atoms with van der Waals surface area (Å²) >= 11 is 0. The predicted octanol–water partition coefficient (Wildman–Crippen LogP) is 4.98. The van der Waals surface area contributed by atoms with Crippen LogP contribution in [-0.2, 0) is 4.74 Å². The van der Waals surface area contributed by atoms with Gasteiger partial charge in [0.15, 0.2) is 0 Å². The summed E-state index contributed by atoms with van der Waals surface area (Å²) in [6.07, 6.45) is 4.70. The van der Waals surface area contributed by atoms with E-state index in [4.69, 9.17) is 4.74 Å². The number of allylic oxidation sites excluding steroid dienone is 1. The van der Waals surface area contributed by atoms with Crippen LogP contribution in [0.3, 0.4) is 0 Å². The van der Waals surface area contributed by atoms with E-state index in [9.17, 15) is 4.79 Å². The normalized spacial score (nSPS) is 24.5. The maximum Gasteiger partial charge on any atom is 0.410 e. The average molecular weight is 327 g/mol. The van der Waals surface area contributed by atoms with Crippen LogP contribution in [0.1, 0.15) is 46.1 Å². The average Bonchev–Trinajstić information content (AvgIpc) is 3.21. The minimum atomic E-state index is -0.400. The second kappa shape index (κ2) is 6.62. The lowest BCUT2D eigenvalue weighted by Gasteiger charge is -2.40. The van der Waals surface area contributed by atoms with E-state index in [1.54, 1.807) is 0 Å². The van der Waals surface area contributed by atoms with Crippen LogP contribution in [-0.4, -0.2) is 29.7 Å². The van der Waals surface area contributed by atoms with Crippen LogP contribution in [0.25, 0.3) is 6.08 Å². The van der Waals surface area contributed by atoms with Gasteiger partial charge in [-0.05, 0) is 63.9 Å². The number of hydrogen-bond acceptors (Lipinski definition) is 2. The zero-order chi connectivity index (χ0) is 17.3. The zero-order valence-electron chi connectivity index (χ0n) is 15.3. The summed E-state index contributed by atoms with van der Waals surface area (Å²) < 4.78 is 5.41. The molecule has 130 valence electrons. The Bertz CT molecular complexity index is 608. The van der Waals surface area contributed by atoms with Crippen LogP contribution in [0.15, 0.2) is 35.9 Å². The maximum atomic E-state index is 12.0. The summed E-state index contributed by atoms with van der Waals surface area (Å²) in [6, 6.07) is 10.5. The van der Waals surface area contributed by atoms with Crippen LogP contribution < -0.4 is 0 Å². The van der Waals surface area contributed by atoms with Gasteiger partial charge < -0.3 is 9.64 Å². The third-order valence-corrected chi connectivity index (χ3v) is 4.95. The Balaban J connectivity index is 1.41. The first kappa shape index (κ1) is 17.1. The number of carbonyl (C=O) groups is 1. The number of carbonyl (C=O) groups excluding carboxylic acids is 1. The lowest BCUT2D eigenvalue weighted by molar-refractivity contribution is -0.00301. The molecule has 3 nitrogen and oxygen atoms in total. The molecule has 1 aromatic carbocycles. The molecule has 1 heterocycles. The monoisotopic (exact) mass is 327 g/mol. The number of ether oxygens (including phenoxy) is 1. The molecule has 3 heteroatoms. The van der Waals surface area contributed by atoms with Gasteiger partial charge in [-0.3, -0.25) is 0 Å². The Morgan fingerprint density at radius 2 is 1.92 bits per heavy atom. The first-order valence-electron chi connectivity index (χ1n) is 9.03. The van der Waals surface area contributed by atoms with Crippen molar-refractivity contribution in [2.24, 2.45) is 17.8 Å². The highest BCUT2D eigenvalue weighted by molar-refractivity contribution is 5.69. The van der Waals surface area contributed by atoms with Gasteiger partial charge in [0, 0.05) is 13.1 Å². The van der Waals surface area contributed by atoms with Crippen molar-refractivity contribution >= 4 is 12.2 Å². The zero-order valence-corrected chi connectivity index (χ0v) is 15.3. The highest BCUT2D eigenvalue weighted by Crippen LogP contribution is 2.49. The molecule has 2 aliphatic rings. The van der Waals surface area contributed by atoms with E-state index >= 15 is 0 Å². The van der Waals surface area contributed by atoms with Gasteiger partial charge in [0.1, 0.15) is 5.60 Å². The van der Waals surface area contributed by atoms with Crippen LogP contribution >= 0.6 is 0 Å². The summed E-state index contributed by atoms with van der Waals surface area (Å²) in [7, 11) is 0. The van der Waals surface area contributed by atoms with Crippen LogP contribution in [0.5, 0.6) is 0 Å². The smallest absolute Gasteiger partial charge is 0.410 e. The highest BCUT2D eigenvalue weighted by atomic mass is 16.6. The molecule has 2 unspecified atom stereocenters. The Morgan fingerprint density at radius 1 is 1.25 bits per heavy atom. The summed E-state index contributed by atoms with van der Waals surface area (Å²) in [6.45, 7) is 9.72. The third-order valence-electron chi connectivity index (χ3n) is 4.95. The Labute approximate surface area is 145 Å². The fourth-order valence-corrected chi connectivity index (χ4v) is 3.61. The van der Waals surface area contributed by atoms with Crippen molar-refractivity contribution in [3.63, 3.8) is 0 Å². The first-order chi connectivity index (χ1) is 11.3. The number of hydrogen-bond donors (Lipinski definition) is 0. The molecule has 0 bridgehead atoms. The van der Waals surface area contributed by atoms with Crippen LogP contribution in [0.4, 0.5) is 4.79 Å². The predicted molar refractivity (Wildman–Crippen MR) is 97.6 cm³/mol. The van der Waals surface area contributed by atoms with E-state index in [2.05, 4.69) is 43.3 Å². The second-order valence-electron chi connectivity index (χ2n) is 8.39. The molecule has 3 rings (SSSR count). The largest absolute Gasteiger partial charge is 0.444 e. The molecule has 1 aliphatic heterocycles. The van der Waals surface area contributed by atoms with Crippen LogP contribution in [0.2, 0.25) is 0 Å². The fourth-order valence-electron chi connectivity index (χ4n) is 3.61. The van der Waals surface area contributed by atoms with E-state index in [0.29, 0.717) is 5.92 Å². The third kappa shape index (κ3) is 4.40. The van der Waals surface area contributed by atoms with Gasteiger partial charge >= 0.3 is 6.09 Å². The quantitative estimate of drug-likeness (QED) is 0.780. The number of rotatable bonds is 4. The molecular weight excluding hydrogens is 298 g/mol. The molecule has 2 fully saturated rings. The second-order valence-corrected chi connectivity index (χ2v) is 8.39. The van der Waals surface area contributed by atoms with E-state index in [0.717, 1.165) is 24.9 Å². The molecule has 1 saturated heterocycles. The van der Waals surface area contributed by atoms with Crippen molar-refractivity contribution in [3.05, 3.63) is 41.5 Å². The van der Waals surface area contributed by atoms with Crippen molar-refractivity contribution in [1.29, 1.82) is 0 Å². The van der Waals surface area contributed by atoms with Crippen molar-refractivity contribution < 1.29 is 9.53 Å². The lowest BCUT2D eigenvalue weighted by atomic mass is 9.93. The molecule has 1 aromatic rings. The number of amides is 1. The molecular formula is C21H29NO2. The van der Waals surface area contributed by atoms with Crippen molar-refractivity contribution in [2.75, 3.05) is 13.1 Å². The van der Waals surface area contributed by atoms with Crippen molar-refractivity contribution in [2.45, 2.75) is 46.1 Å². The highest BCUT2D eigenvalue weighted by Gasteiger charge is 2.43. The molecule has 24 heavy (non-hydrogen) atoms. The summed E-state index contributed by atoms with van der Waals surface area (Å²) in [5.41, 5.74) is 2.39. The lowest BCUT2D eigenvalue weighted by Crippen LogP contribution is -2.51. The number of likely N-dealkylation sites (tertiary alicyclic amines) is 1. The van der Waals surface area contributed by atoms with E-state index in [1.165, 1.54) is 24.0 Å². The molecule has 1 aliphatic carbocycles. The van der Waals surface area contributed by atoms with Gasteiger partial charge in [-0.1, -0.05) is 42.0 Å². The van der Waals surface area contributed by atoms with Crippen molar-refractivity contribution in [3.8, 4) is 0 Å². The van der Waals surface area contributed by atoms with E-state index in [-0.39, 0.29) is 6.09 Å². The summed E-state index contributed by atoms with van der Waals surface area (Å²) in [5, 5.41) is 0. The van der Waals surface area contributed by atoms with Gasteiger partial charge in [0.05, 0.1) is 0 Å². The molecule has 0 radical (unpaired) electrons. The first-order valence-corrected chi connectivity index (χ1v) is 9.03. The minimum absolute atomic E-state index is 0.161. The maximum absolute atomic E-state index is 12.0. The fraction of sp³-hybridized carbons (Fsp3) is 0.571. The minimum Gasteiger partial charge on any atom is -0.444 e. The van der Waals surface area contributed by atoms with Gasteiger partial charge in [0.2, 0.25) is 0 Å². The topological polar surface area (TPSA) is 29.5 Å². The number of nitrogens with zero attached hydrogens (tertiary/aromatic N) is 1. The van der Waals surface area contributed by atoms with Gasteiger partial charge in [0.25, 0.3) is 0 Å². The number of benzene rings is 1. The molecule has 0 N–H and O–H groups in total. The van der Waals surface area contributed by atoms with Gasteiger partial charge in [-0.15, -0.1) is 0 Å². The Hall–Kier alpha value is -1.77. The molecule has 0 aromatic heterocycles. The Kier molecular flexibility index (Phi) is 4.71.